The highest BCUT2D eigenvalue weighted by Crippen LogP contribution is 2.33. The molecule has 2 atom stereocenters. The fourth-order valence-electron chi connectivity index (χ4n) is 3.12. The molecule has 2 unspecified atom stereocenters. The minimum absolute atomic E-state index is 0.0398. The van der Waals surface area contributed by atoms with E-state index in [9.17, 15) is 13.2 Å². The Morgan fingerprint density at radius 2 is 2.14 bits per heavy atom. The number of carbonyl (C=O) groups excluding carboxylic acids is 1. The van der Waals surface area contributed by atoms with E-state index >= 15 is 0 Å². The maximum Gasteiger partial charge on any atom is 0.241 e. The number of amides is 1. The summed E-state index contributed by atoms with van der Waals surface area (Å²) in [4.78, 5) is 14.5. The zero-order chi connectivity index (χ0) is 15.7. The monoisotopic (exact) mass is 334 g/mol. The lowest BCUT2D eigenvalue weighted by Gasteiger charge is -2.43. The average Bonchev–Trinajstić information content (AvgIpc) is 2.46. The summed E-state index contributed by atoms with van der Waals surface area (Å²) in [5.41, 5.74) is -0.125. The maximum atomic E-state index is 12.9. The largest absolute Gasteiger partial charge is 0.323 e. The Bertz CT molecular complexity index is 490. The van der Waals surface area contributed by atoms with Crippen LogP contribution >= 0.6 is 11.8 Å². The van der Waals surface area contributed by atoms with Crippen LogP contribution < -0.4 is 5.32 Å². The molecule has 0 aromatic heterocycles. The number of sulfone groups is 1. The molecular weight excluding hydrogens is 308 g/mol. The van der Waals surface area contributed by atoms with E-state index in [0.29, 0.717) is 12.3 Å². The number of hydrogen-bond donors (Lipinski definition) is 1. The van der Waals surface area contributed by atoms with E-state index in [1.165, 1.54) is 0 Å². The third-order valence-electron chi connectivity index (χ3n) is 4.56. The number of nitrogens with one attached hydrogen (secondary N) is 1. The summed E-state index contributed by atoms with van der Waals surface area (Å²) in [7, 11) is -3.23. The van der Waals surface area contributed by atoms with Crippen molar-refractivity contribution in [3.8, 4) is 0 Å². The molecule has 2 aliphatic rings. The summed E-state index contributed by atoms with van der Waals surface area (Å²) in [6.45, 7) is 7.18. The second-order valence-corrected chi connectivity index (χ2v) is 10.1. The van der Waals surface area contributed by atoms with Crippen LogP contribution in [0.4, 0.5) is 0 Å². The Hall–Kier alpha value is -0.270. The van der Waals surface area contributed by atoms with Crippen molar-refractivity contribution < 1.29 is 13.2 Å². The van der Waals surface area contributed by atoms with Crippen LogP contribution in [0.3, 0.4) is 0 Å². The number of nitrogens with zero attached hydrogens (tertiary/aromatic N) is 1. The van der Waals surface area contributed by atoms with Crippen molar-refractivity contribution in [2.75, 3.05) is 30.3 Å². The Morgan fingerprint density at radius 3 is 2.76 bits per heavy atom. The first-order valence-corrected chi connectivity index (χ1v) is 10.5. The van der Waals surface area contributed by atoms with Gasteiger partial charge in [0, 0.05) is 23.8 Å². The molecule has 1 N–H and O–H groups in total. The molecule has 2 fully saturated rings. The van der Waals surface area contributed by atoms with Gasteiger partial charge in [-0.2, -0.15) is 11.8 Å². The van der Waals surface area contributed by atoms with Gasteiger partial charge in [-0.15, -0.1) is 0 Å². The van der Waals surface area contributed by atoms with E-state index in [0.717, 1.165) is 25.1 Å². The van der Waals surface area contributed by atoms with E-state index < -0.39 is 15.2 Å². The fourth-order valence-corrected chi connectivity index (χ4v) is 6.10. The van der Waals surface area contributed by atoms with Gasteiger partial charge in [-0.05, 0) is 24.8 Å². The van der Waals surface area contributed by atoms with Crippen LogP contribution in [0.25, 0.3) is 0 Å². The summed E-state index contributed by atoms with van der Waals surface area (Å²) < 4.78 is 24.6. The van der Waals surface area contributed by atoms with E-state index in [2.05, 4.69) is 19.2 Å². The predicted octanol–water partition coefficient (Wildman–Crippen LogP) is 1.10. The third-order valence-corrected chi connectivity index (χ3v) is 7.85. The minimum Gasteiger partial charge on any atom is -0.323 e. The van der Waals surface area contributed by atoms with Crippen LogP contribution in [0.1, 0.15) is 33.6 Å². The quantitative estimate of drug-likeness (QED) is 0.837. The average molecular weight is 335 g/mol. The van der Waals surface area contributed by atoms with Gasteiger partial charge in [0.1, 0.15) is 5.37 Å². The van der Waals surface area contributed by atoms with Crippen LogP contribution in [-0.4, -0.2) is 61.0 Å². The van der Waals surface area contributed by atoms with E-state index in [1.807, 2.05) is 0 Å². The van der Waals surface area contributed by atoms with Gasteiger partial charge in [0.2, 0.25) is 5.91 Å². The molecule has 7 heteroatoms. The summed E-state index contributed by atoms with van der Waals surface area (Å²) in [5, 5.41) is 2.64. The van der Waals surface area contributed by atoms with Gasteiger partial charge in [0.15, 0.2) is 9.84 Å². The van der Waals surface area contributed by atoms with Crippen LogP contribution in [0.5, 0.6) is 0 Å². The van der Waals surface area contributed by atoms with Gasteiger partial charge in [0.05, 0.1) is 6.04 Å². The van der Waals surface area contributed by atoms with Gasteiger partial charge >= 0.3 is 0 Å². The predicted molar refractivity (Wildman–Crippen MR) is 87.1 cm³/mol. The summed E-state index contributed by atoms with van der Waals surface area (Å²) in [6, 6.07) is -0.274. The number of thioether (sulfide) groups is 1. The SMILES string of the molecule is CCS(=O)(=O)C1CSCCN1C(=O)C1NCCCC1(C)C. The molecule has 2 aliphatic heterocycles. The molecular formula is C14H26N2O3S2. The molecule has 0 aromatic rings. The highest BCUT2D eigenvalue weighted by atomic mass is 32.2. The molecule has 2 heterocycles. The first-order valence-electron chi connectivity index (χ1n) is 7.63. The van der Waals surface area contributed by atoms with Crippen LogP contribution in [-0.2, 0) is 14.6 Å². The highest BCUT2D eigenvalue weighted by Gasteiger charge is 2.44. The summed E-state index contributed by atoms with van der Waals surface area (Å²) in [5.74, 6) is 1.36. The molecule has 5 nitrogen and oxygen atoms in total. The number of rotatable bonds is 3. The zero-order valence-electron chi connectivity index (χ0n) is 13.1. The van der Waals surface area contributed by atoms with Crippen molar-refractivity contribution >= 4 is 27.5 Å². The smallest absolute Gasteiger partial charge is 0.241 e. The van der Waals surface area contributed by atoms with Gasteiger partial charge in [-0.25, -0.2) is 8.42 Å². The van der Waals surface area contributed by atoms with Crippen LogP contribution in [0, 0.1) is 5.41 Å². The molecule has 0 saturated carbocycles. The molecule has 1 amide bonds. The van der Waals surface area contributed by atoms with Gasteiger partial charge < -0.3 is 10.2 Å². The molecule has 0 aliphatic carbocycles. The van der Waals surface area contributed by atoms with Crippen molar-refractivity contribution in [3.05, 3.63) is 0 Å². The minimum atomic E-state index is -3.23. The number of hydrogen-bond acceptors (Lipinski definition) is 5. The van der Waals surface area contributed by atoms with Crippen molar-refractivity contribution in [1.29, 1.82) is 0 Å². The van der Waals surface area contributed by atoms with Crippen molar-refractivity contribution in [2.24, 2.45) is 5.41 Å². The molecule has 2 rings (SSSR count). The standard InChI is InChI=1S/C14H26N2O3S2/c1-4-21(18,19)11-10-20-9-8-16(11)13(17)12-14(2,3)6-5-7-15-12/h11-12,15H,4-10H2,1-3H3. The lowest BCUT2D eigenvalue weighted by Crippen LogP contribution is -2.61. The summed E-state index contributed by atoms with van der Waals surface area (Å²) in [6.07, 6.45) is 2.05. The van der Waals surface area contributed by atoms with Gasteiger partial charge in [-0.3, -0.25) is 4.79 Å². The van der Waals surface area contributed by atoms with E-state index in [4.69, 9.17) is 0 Å². The molecule has 0 bridgehead atoms. The molecule has 122 valence electrons. The first-order chi connectivity index (χ1) is 9.79. The summed E-state index contributed by atoms with van der Waals surface area (Å²) >= 11 is 1.62. The van der Waals surface area contributed by atoms with E-state index in [-0.39, 0.29) is 23.1 Å². The Kier molecular flexibility index (Phi) is 5.26. The lowest BCUT2D eigenvalue weighted by atomic mass is 9.77. The molecule has 0 spiro atoms. The van der Waals surface area contributed by atoms with Gasteiger partial charge in [-0.1, -0.05) is 20.8 Å². The molecule has 21 heavy (non-hydrogen) atoms. The van der Waals surface area contributed by atoms with Crippen molar-refractivity contribution in [2.45, 2.75) is 45.0 Å². The molecule has 0 radical (unpaired) electrons. The Labute approximate surface area is 132 Å². The fraction of sp³-hybridized carbons (Fsp3) is 0.929. The molecule has 0 aromatic carbocycles. The van der Waals surface area contributed by atoms with Crippen LogP contribution in [0.2, 0.25) is 0 Å². The maximum absolute atomic E-state index is 12.9. The first kappa shape index (κ1) is 17.1. The van der Waals surface area contributed by atoms with E-state index in [1.54, 1.807) is 23.6 Å². The number of piperidine rings is 1. The third kappa shape index (κ3) is 3.56. The second-order valence-electron chi connectivity index (χ2n) is 6.49. The normalized spacial score (nSPS) is 30.1. The zero-order valence-corrected chi connectivity index (χ0v) is 14.7. The number of carbonyl (C=O) groups is 1. The Balaban J connectivity index is 2.23. The second kappa shape index (κ2) is 6.46. The van der Waals surface area contributed by atoms with Crippen molar-refractivity contribution in [3.63, 3.8) is 0 Å². The highest BCUT2D eigenvalue weighted by molar-refractivity contribution is 8.01. The Morgan fingerprint density at radius 1 is 1.43 bits per heavy atom. The van der Waals surface area contributed by atoms with Crippen molar-refractivity contribution in [1.82, 2.24) is 10.2 Å². The van der Waals surface area contributed by atoms with Crippen LogP contribution in [0.15, 0.2) is 0 Å². The lowest BCUT2D eigenvalue weighted by molar-refractivity contribution is -0.137. The topological polar surface area (TPSA) is 66.5 Å². The molecule has 2 saturated heterocycles. The van der Waals surface area contributed by atoms with Gasteiger partial charge in [0.25, 0.3) is 0 Å².